The topological polar surface area (TPSA) is 54.3 Å². The van der Waals surface area contributed by atoms with E-state index in [1.54, 1.807) is 0 Å². The average molecular weight is 349 g/mol. The van der Waals surface area contributed by atoms with Gasteiger partial charge in [0.2, 0.25) is 0 Å². The van der Waals surface area contributed by atoms with Gasteiger partial charge in [-0.05, 0) is 52.3 Å². The van der Waals surface area contributed by atoms with Crippen LogP contribution < -0.4 is 5.32 Å². The average Bonchev–Trinajstić information content (AvgIpc) is 2.70. The Hall–Kier alpha value is -1.78. The van der Waals surface area contributed by atoms with Crippen molar-refractivity contribution in [2.24, 2.45) is 0 Å². The number of nitrogens with one attached hydrogen (secondary N) is 1. The number of nitrogens with zero attached hydrogens (tertiary/aromatic N) is 1. The van der Waals surface area contributed by atoms with E-state index in [2.05, 4.69) is 30.7 Å². The van der Waals surface area contributed by atoms with Crippen LogP contribution >= 0.6 is 11.6 Å². The summed E-state index contributed by atoms with van der Waals surface area (Å²) in [6.45, 7) is 11.2. The van der Waals surface area contributed by atoms with Gasteiger partial charge < -0.3 is 15.0 Å². The lowest BCUT2D eigenvalue weighted by atomic mass is 10.1. The summed E-state index contributed by atoms with van der Waals surface area (Å²) in [5.74, 6) is -0.879. The molecule has 0 spiro atoms. The second kappa shape index (κ2) is 6.99. The second-order valence-electron chi connectivity index (χ2n) is 7.15. The van der Waals surface area contributed by atoms with Crippen LogP contribution in [0, 0.1) is 13.8 Å². The summed E-state index contributed by atoms with van der Waals surface area (Å²) in [6.07, 6.45) is 0. The molecule has 0 saturated carbocycles. The maximum absolute atomic E-state index is 11.8. The highest BCUT2D eigenvalue weighted by Gasteiger charge is 2.23. The summed E-state index contributed by atoms with van der Waals surface area (Å²) in [7, 11) is 0. The van der Waals surface area contributed by atoms with Crippen molar-refractivity contribution in [3.05, 3.63) is 57.4 Å². The summed E-state index contributed by atoms with van der Waals surface area (Å²) in [4.78, 5) is 11.8. The van der Waals surface area contributed by atoms with Crippen molar-refractivity contribution in [2.45, 2.75) is 53.2 Å². The minimum Gasteiger partial charge on any atom is -0.478 e. The number of hydrogen-bond acceptors (Lipinski definition) is 2. The summed E-state index contributed by atoms with van der Waals surface area (Å²) < 4.78 is 2.06. The molecule has 0 aliphatic rings. The fourth-order valence-electron chi connectivity index (χ4n) is 2.81. The van der Waals surface area contributed by atoms with Gasteiger partial charge in [-0.1, -0.05) is 23.7 Å². The Labute approximate surface area is 148 Å². The van der Waals surface area contributed by atoms with E-state index in [9.17, 15) is 9.90 Å². The number of halogens is 1. The standard InChI is InChI=1S/C19H25ClN2O2/c1-12-16(10-21-19(3,4)5)17(18(23)24)13(2)22(12)11-14-6-8-15(20)9-7-14/h6-9,21H,10-11H2,1-5H3,(H,23,24). The fraction of sp³-hybridized carbons (Fsp3) is 0.421. The highest BCUT2D eigenvalue weighted by Crippen LogP contribution is 2.25. The Morgan fingerprint density at radius 3 is 2.25 bits per heavy atom. The number of aromatic carboxylic acids is 1. The number of carboxylic acid groups (broad SMARTS) is 1. The first kappa shape index (κ1) is 18.6. The Morgan fingerprint density at radius 1 is 1.17 bits per heavy atom. The Morgan fingerprint density at radius 2 is 1.75 bits per heavy atom. The van der Waals surface area contributed by atoms with Gasteiger partial charge in [-0.15, -0.1) is 0 Å². The van der Waals surface area contributed by atoms with E-state index in [0.29, 0.717) is 23.7 Å². The predicted molar refractivity (Wildman–Crippen MR) is 98.0 cm³/mol. The van der Waals surface area contributed by atoms with Crippen LogP contribution in [0.3, 0.4) is 0 Å². The maximum atomic E-state index is 11.8. The predicted octanol–water partition coefficient (Wildman–Crippen LogP) is 4.39. The first-order chi connectivity index (χ1) is 11.1. The van der Waals surface area contributed by atoms with Crippen LogP contribution in [-0.4, -0.2) is 21.2 Å². The molecule has 2 aromatic rings. The van der Waals surface area contributed by atoms with Gasteiger partial charge >= 0.3 is 5.97 Å². The number of hydrogen-bond donors (Lipinski definition) is 2. The molecular weight excluding hydrogens is 324 g/mol. The number of rotatable bonds is 5. The molecule has 4 nitrogen and oxygen atoms in total. The van der Waals surface area contributed by atoms with Crippen molar-refractivity contribution in [1.82, 2.24) is 9.88 Å². The van der Waals surface area contributed by atoms with E-state index in [4.69, 9.17) is 11.6 Å². The molecule has 2 rings (SSSR count). The molecule has 2 N–H and O–H groups in total. The first-order valence-electron chi connectivity index (χ1n) is 8.01. The zero-order valence-electron chi connectivity index (χ0n) is 14.9. The highest BCUT2D eigenvalue weighted by molar-refractivity contribution is 6.30. The lowest BCUT2D eigenvalue weighted by Gasteiger charge is -2.21. The minimum absolute atomic E-state index is 0.0750. The number of aromatic nitrogens is 1. The first-order valence-corrected chi connectivity index (χ1v) is 8.39. The molecule has 0 aliphatic carbocycles. The smallest absolute Gasteiger partial charge is 0.337 e. The van der Waals surface area contributed by atoms with Crippen molar-refractivity contribution in [3.8, 4) is 0 Å². The molecule has 0 unspecified atom stereocenters. The quantitative estimate of drug-likeness (QED) is 0.842. The molecular formula is C19H25ClN2O2. The van der Waals surface area contributed by atoms with E-state index < -0.39 is 5.97 Å². The van der Waals surface area contributed by atoms with Crippen LogP contribution in [0.2, 0.25) is 5.02 Å². The van der Waals surface area contributed by atoms with Gasteiger partial charge in [0.25, 0.3) is 0 Å². The third kappa shape index (κ3) is 4.19. The SMILES string of the molecule is Cc1c(CNC(C)(C)C)c(C(=O)O)c(C)n1Cc1ccc(Cl)cc1. The Bertz CT molecular complexity index is 740. The zero-order chi connectivity index (χ0) is 18.1. The van der Waals surface area contributed by atoms with Crippen molar-refractivity contribution < 1.29 is 9.90 Å². The summed E-state index contributed by atoms with van der Waals surface area (Å²) >= 11 is 5.94. The molecule has 0 radical (unpaired) electrons. The lowest BCUT2D eigenvalue weighted by Crippen LogP contribution is -2.35. The number of benzene rings is 1. The zero-order valence-corrected chi connectivity index (χ0v) is 15.7. The molecule has 1 heterocycles. The van der Waals surface area contributed by atoms with Crippen LogP contribution in [-0.2, 0) is 13.1 Å². The Balaban J connectivity index is 2.41. The van der Waals surface area contributed by atoms with E-state index in [1.165, 1.54) is 0 Å². The molecule has 0 bridgehead atoms. The molecule has 0 amide bonds. The van der Waals surface area contributed by atoms with Crippen molar-refractivity contribution in [2.75, 3.05) is 0 Å². The minimum atomic E-state index is -0.879. The number of carbonyl (C=O) groups is 1. The summed E-state index contributed by atoms with van der Waals surface area (Å²) in [5, 5.41) is 13.7. The van der Waals surface area contributed by atoms with Crippen LogP contribution in [0.15, 0.2) is 24.3 Å². The van der Waals surface area contributed by atoms with Gasteiger partial charge in [0.05, 0.1) is 5.56 Å². The van der Waals surface area contributed by atoms with Gasteiger partial charge in [0.15, 0.2) is 0 Å². The van der Waals surface area contributed by atoms with E-state index in [0.717, 1.165) is 22.5 Å². The monoisotopic (exact) mass is 348 g/mol. The third-order valence-electron chi connectivity index (χ3n) is 4.17. The van der Waals surface area contributed by atoms with E-state index in [1.807, 2.05) is 38.1 Å². The van der Waals surface area contributed by atoms with Crippen molar-refractivity contribution >= 4 is 17.6 Å². The van der Waals surface area contributed by atoms with Crippen molar-refractivity contribution in [1.29, 1.82) is 0 Å². The summed E-state index contributed by atoms with van der Waals surface area (Å²) in [6, 6.07) is 7.64. The maximum Gasteiger partial charge on any atom is 0.337 e. The van der Waals surface area contributed by atoms with Gasteiger partial charge in [-0.2, -0.15) is 0 Å². The highest BCUT2D eigenvalue weighted by atomic mass is 35.5. The molecule has 130 valence electrons. The molecule has 1 aromatic carbocycles. The normalized spacial score (nSPS) is 11.8. The van der Waals surface area contributed by atoms with Gasteiger partial charge in [0.1, 0.15) is 0 Å². The largest absolute Gasteiger partial charge is 0.478 e. The molecule has 0 saturated heterocycles. The van der Waals surface area contributed by atoms with Gasteiger partial charge in [-0.3, -0.25) is 0 Å². The third-order valence-corrected chi connectivity index (χ3v) is 4.43. The van der Waals surface area contributed by atoms with Crippen LogP contribution in [0.1, 0.15) is 53.6 Å². The molecule has 1 aromatic heterocycles. The molecule has 24 heavy (non-hydrogen) atoms. The molecule has 5 heteroatoms. The van der Waals surface area contributed by atoms with Gasteiger partial charge in [0, 0.05) is 40.6 Å². The Kier molecular flexibility index (Phi) is 5.41. The van der Waals surface area contributed by atoms with E-state index in [-0.39, 0.29) is 5.54 Å². The summed E-state index contributed by atoms with van der Waals surface area (Å²) in [5.41, 5.74) is 4.03. The molecule has 0 fully saturated rings. The van der Waals surface area contributed by atoms with Crippen LogP contribution in [0.4, 0.5) is 0 Å². The van der Waals surface area contributed by atoms with Crippen LogP contribution in [0.25, 0.3) is 0 Å². The van der Waals surface area contributed by atoms with Gasteiger partial charge in [-0.25, -0.2) is 4.79 Å². The molecule has 0 atom stereocenters. The van der Waals surface area contributed by atoms with Crippen molar-refractivity contribution in [3.63, 3.8) is 0 Å². The lowest BCUT2D eigenvalue weighted by molar-refractivity contribution is 0.0694. The molecule has 0 aliphatic heterocycles. The fourth-order valence-corrected chi connectivity index (χ4v) is 2.94. The van der Waals surface area contributed by atoms with Crippen LogP contribution in [0.5, 0.6) is 0 Å². The van der Waals surface area contributed by atoms with E-state index >= 15 is 0 Å². The number of carboxylic acids is 1. The second-order valence-corrected chi connectivity index (χ2v) is 7.58.